The molecule has 0 bridgehead atoms. The maximum atomic E-state index is 12.1. The molecule has 92 valence electrons. The molecule has 0 spiro atoms. The van der Waals surface area contributed by atoms with Crippen LogP contribution in [0.5, 0.6) is 0 Å². The molecule has 0 aromatic heterocycles. The minimum absolute atomic E-state index is 0.143. The highest BCUT2D eigenvalue weighted by molar-refractivity contribution is 9.10. The van der Waals surface area contributed by atoms with E-state index < -0.39 is 0 Å². The lowest BCUT2D eigenvalue weighted by Gasteiger charge is -2.08. The number of anilines is 2. The fourth-order valence-electron chi connectivity index (χ4n) is 1.59. The summed E-state index contributed by atoms with van der Waals surface area (Å²) in [5.74, 6) is -0.143. The zero-order chi connectivity index (χ0) is 13.1. The number of nitrogen functional groups attached to an aromatic ring is 1. The smallest absolute Gasteiger partial charge is 0.256 e. The molecule has 18 heavy (non-hydrogen) atoms. The third-order valence-electron chi connectivity index (χ3n) is 2.60. The highest BCUT2D eigenvalue weighted by Gasteiger charge is 2.11. The van der Waals surface area contributed by atoms with Gasteiger partial charge >= 0.3 is 0 Å². The number of amides is 1. The summed E-state index contributed by atoms with van der Waals surface area (Å²) in [4.78, 5) is 12.1. The number of nitrogens with two attached hydrogens (primary N) is 1. The Morgan fingerprint density at radius 2 is 1.83 bits per heavy atom. The van der Waals surface area contributed by atoms with Gasteiger partial charge in [-0.15, -0.1) is 0 Å². The van der Waals surface area contributed by atoms with Gasteiger partial charge in [0.1, 0.15) is 0 Å². The average Bonchev–Trinajstić information content (AvgIpc) is 2.35. The molecule has 0 unspecified atom stereocenters. The molecular weight excluding hydrogens is 292 g/mol. The Morgan fingerprint density at radius 1 is 1.17 bits per heavy atom. The molecule has 2 rings (SSSR count). The summed E-state index contributed by atoms with van der Waals surface area (Å²) < 4.78 is 0.818. The minimum Gasteiger partial charge on any atom is -0.399 e. The zero-order valence-corrected chi connectivity index (χ0v) is 11.5. The maximum Gasteiger partial charge on any atom is 0.256 e. The van der Waals surface area contributed by atoms with Gasteiger partial charge in [-0.25, -0.2) is 0 Å². The van der Waals surface area contributed by atoms with Gasteiger partial charge in [0.25, 0.3) is 5.91 Å². The molecule has 4 heteroatoms. The van der Waals surface area contributed by atoms with Crippen molar-refractivity contribution in [2.45, 2.75) is 6.92 Å². The molecule has 3 N–H and O–H groups in total. The molecule has 0 saturated carbocycles. The van der Waals surface area contributed by atoms with Crippen molar-refractivity contribution in [2.75, 3.05) is 11.1 Å². The van der Waals surface area contributed by atoms with E-state index in [0.717, 1.165) is 15.7 Å². The van der Waals surface area contributed by atoms with Gasteiger partial charge in [-0.2, -0.15) is 0 Å². The van der Waals surface area contributed by atoms with Crippen LogP contribution in [0, 0.1) is 6.92 Å². The van der Waals surface area contributed by atoms with E-state index in [2.05, 4.69) is 21.2 Å². The Bertz CT molecular complexity index is 579. The summed E-state index contributed by atoms with van der Waals surface area (Å²) in [6, 6.07) is 12.6. The van der Waals surface area contributed by atoms with Gasteiger partial charge in [0, 0.05) is 15.8 Å². The third-order valence-corrected chi connectivity index (χ3v) is 3.66. The Hall–Kier alpha value is -1.81. The highest BCUT2D eigenvalue weighted by Crippen LogP contribution is 2.22. The van der Waals surface area contributed by atoms with Crippen LogP contribution in [0.15, 0.2) is 46.9 Å². The van der Waals surface area contributed by atoms with E-state index in [0.29, 0.717) is 11.3 Å². The molecule has 2 aromatic rings. The monoisotopic (exact) mass is 304 g/mol. The number of rotatable bonds is 2. The van der Waals surface area contributed by atoms with E-state index in [-0.39, 0.29) is 5.91 Å². The lowest BCUT2D eigenvalue weighted by atomic mass is 10.1. The third kappa shape index (κ3) is 2.71. The minimum atomic E-state index is -0.143. The first-order valence-electron chi connectivity index (χ1n) is 5.50. The van der Waals surface area contributed by atoms with Crippen molar-refractivity contribution in [3.05, 3.63) is 58.1 Å². The van der Waals surface area contributed by atoms with Crippen molar-refractivity contribution in [1.29, 1.82) is 0 Å². The number of hydrogen-bond donors (Lipinski definition) is 2. The van der Waals surface area contributed by atoms with Crippen LogP contribution in [0.1, 0.15) is 15.9 Å². The Balaban J connectivity index is 2.22. The van der Waals surface area contributed by atoms with Crippen LogP contribution in [0.2, 0.25) is 0 Å². The van der Waals surface area contributed by atoms with Gasteiger partial charge in [-0.1, -0.05) is 12.1 Å². The van der Waals surface area contributed by atoms with Crippen LogP contribution in [-0.2, 0) is 0 Å². The van der Waals surface area contributed by atoms with Crippen LogP contribution in [0.25, 0.3) is 0 Å². The Kier molecular flexibility index (Phi) is 3.67. The molecule has 3 nitrogen and oxygen atoms in total. The first-order valence-corrected chi connectivity index (χ1v) is 6.29. The molecular formula is C14H13BrN2O. The summed E-state index contributed by atoms with van der Waals surface area (Å²) in [6.45, 7) is 1.95. The van der Waals surface area contributed by atoms with Gasteiger partial charge < -0.3 is 11.1 Å². The molecule has 0 fully saturated rings. The fraction of sp³-hybridized carbons (Fsp3) is 0.0714. The lowest BCUT2D eigenvalue weighted by molar-refractivity contribution is 0.102. The highest BCUT2D eigenvalue weighted by atomic mass is 79.9. The van der Waals surface area contributed by atoms with E-state index >= 15 is 0 Å². The Labute approximate surface area is 114 Å². The zero-order valence-electron chi connectivity index (χ0n) is 9.91. The fourth-order valence-corrected chi connectivity index (χ4v) is 2.03. The van der Waals surface area contributed by atoms with Crippen molar-refractivity contribution < 1.29 is 4.79 Å². The second-order valence-corrected chi connectivity index (χ2v) is 4.81. The van der Waals surface area contributed by atoms with Crippen molar-refractivity contribution in [1.82, 2.24) is 0 Å². The van der Waals surface area contributed by atoms with E-state index in [4.69, 9.17) is 5.73 Å². The molecule has 0 aliphatic heterocycles. The average molecular weight is 305 g/mol. The molecule has 1 amide bonds. The second kappa shape index (κ2) is 5.23. The van der Waals surface area contributed by atoms with Crippen molar-refractivity contribution in [3.8, 4) is 0 Å². The summed E-state index contributed by atoms with van der Waals surface area (Å²) in [5.41, 5.74) is 8.63. The normalized spacial score (nSPS) is 10.1. The van der Waals surface area contributed by atoms with Crippen molar-refractivity contribution in [3.63, 3.8) is 0 Å². The van der Waals surface area contributed by atoms with Crippen LogP contribution in [0.3, 0.4) is 0 Å². The lowest BCUT2D eigenvalue weighted by Crippen LogP contribution is -2.12. The quantitative estimate of drug-likeness (QED) is 0.833. The van der Waals surface area contributed by atoms with Gasteiger partial charge in [0.15, 0.2) is 0 Å². The summed E-state index contributed by atoms with van der Waals surface area (Å²) in [5, 5.41) is 2.83. The topological polar surface area (TPSA) is 55.1 Å². The van der Waals surface area contributed by atoms with Crippen molar-refractivity contribution in [2.24, 2.45) is 0 Å². The van der Waals surface area contributed by atoms with E-state index in [1.54, 1.807) is 30.3 Å². The van der Waals surface area contributed by atoms with Gasteiger partial charge in [-0.05, 0) is 58.7 Å². The first-order chi connectivity index (χ1) is 8.58. The molecule has 0 radical (unpaired) electrons. The van der Waals surface area contributed by atoms with Gasteiger partial charge in [-0.3, -0.25) is 4.79 Å². The number of nitrogens with one attached hydrogen (secondary N) is 1. The summed E-state index contributed by atoms with van der Waals surface area (Å²) >= 11 is 3.42. The van der Waals surface area contributed by atoms with Crippen LogP contribution >= 0.6 is 15.9 Å². The molecule has 0 heterocycles. The molecule has 0 atom stereocenters. The Morgan fingerprint density at radius 3 is 2.50 bits per heavy atom. The van der Waals surface area contributed by atoms with Crippen LogP contribution < -0.4 is 11.1 Å². The van der Waals surface area contributed by atoms with E-state index in [1.165, 1.54) is 0 Å². The standard InChI is InChI=1S/C14H13BrN2O/c1-9-3-2-4-12(13(9)15)14(18)17-11-7-5-10(16)6-8-11/h2-8H,16H2,1H3,(H,17,18). The number of benzene rings is 2. The molecule has 2 aromatic carbocycles. The first kappa shape index (κ1) is 12.6. The molecule has 0 saturated heterocycles. The number of halogens is 1. The van der Waals surface area contributed by atoms with Crippen LogP contribution in [-0.4, -0.2) is 5.91 Å². The van der Waals surface area contributed by atoms with Crippen molar-refractivity contribution >= 4 is 33.2 Å². The number of hydrogen-bond acceptors (Lipinski definition) is 2. The predicted molar refractivity (Wildman–Crippen MR) is 77.7 cm³/mol. The number of carbonyl (C=O) groups excluding carboxylic acids is 1. The number of aryl methyl sites for hydroxylation is 1. The predicted octanol–water partition coefficient (Wildman–Crippen LogP) is 3.59. The van der Waals surface area contributed by atoms with Gasteiger partial charge in [0.2, 0.25) is 0 Å². The van der Waals surface area contributed by atoms with Crippen LogP contribution in [0.4, 0.5) is 11.4 Å². The summed E-state index contributed by atoms with van der Waals surface area (Å²) in [7, 11) is 0. The SMILES string of the molecule is Cc1cccc(C(=O)Nc2ccc(N)cc2)c1Br. The molecule has 0 aliphatic rings. The summed E-state index contributed by atoms with van der Waals surface area (Å²) in [6.07, 6.45) is 0. The number of carbonyl (C=O) groups is 1. The largest absolute Gasteiger partial charge is 0.399 e. The maximum absolute atomic E-state index is 12.1. The van der Waals surface area contributed by atoms with Gasteiger partial charge in [0.05, 0.1) is 5.56 Å². The second-order valence-electron chi connectivity index (χ2n) is 4.01. The van der Waals surface area contributed by atoms with E-state index in [9.17, 15) is 4.79 Å². The van der Waals surface area contributed by atoms with E-state index in [1.807, 2.05) is 19.1 Å². The molecule has 0 aliphatic carbocycles.